The van der Waals surface area contributed by atoms with E-state index in [9.17, 15) is 4.79 Å². The van der Waals surface area contributed by atoms with E-state index in [2.05, 4.69) is 21.1 Å². The van der Waals surface area contributed by atoms with Crippen molar-refractivity contribution in [3.63, 3.8) is 0 Å². The first-order chi connectivity index (χ1) is 2.27. The minimum absolute atomic E-state index is 1.53. The molecule has 0 radical (unpaired) electrons. The van der Waals surface area contributed by atoms with Gasteiger partial charge in [0.1, 0.15) is 0 Å². The molecule has 0 aliphatic carbocycles. The molecule has 0 amide bonds. The molecule has 0 unspecified atom stereocenters. The summed E-state index contributed by atoms with van der Waals surface area (Å²) in [4.78, 5) is 10.8. The van der Waals surface area contributed by atoms with E-state index in [1.165, 1.54) is 4.79 Å². The first-order valence-corrected chi connectivity index (χ1v) is 6.46. The summed E-state index contributed by atoms with van der Waals surface area (Å²) in [6, 6.07) is 0. The molecule has 0 aromatic rings. The van der Waals surface area contributed by atoms with Gasteiger partial charge < -0.3 is 0 Å². The van der Waals surface area contributed by atoms with Gasteiger partial charge in [-0.15, -0.1) is 0 Å². The molecular weight excluding hydrogens is 171 g/mol. The van der Waals surface area contributed by atoms with Crippen molar-refractivity contribution < 1.29 is 4.79 Å². The van der Waals surface area contributed by atoms with E-state index in [-0.39, 0.29) is 0 Å². The molecule has 0 saturated carbocycles. The van der Waals surface area contributed by atoms with Crippen molar-refractivity contribution in [2.45, 2.75) is 0 Å². The predicted molar refractivity (Wildman–Crippen MR) is 26.6 cm³/mol. The summed E-state index contributed by atoms with van der Waals surface area (Å²) in [7, 11) is 6.91. The van der Waals surface area contributed by atoms with Crippen molar-refractivity contribution in [3.8, 4) is 0 Å². The molecule has 0 heterocycles. The van der Waals surface area contributed by atoms with E-state index in [1.54, 1.807) is 0 Å². The summed E-state index contributed by atoms with van der Waals surface area (Å²) in [5.74, 6) is 0. The zero-order chi connectivity index (χ0) is 4.28. The van der Waals surface area contributed by atoms with Gasteiger partial charge in [0.05, 0.1) is 0 Å². The molecule has 0 N–H and O–H groups in total. The molecule has 0 atom stereocenters. The van der Waals surface area contributed by atoms with Crippen molar-refractivity contribution in [3.05, 3.63) is 0 Å². The third kappa shape index (κ3) is 4.54. The standard InChI is InChI=1S/COS2Se/c2-1-5(3)4. The Bertz CT molecular complexity index is 140. The van der Waals surface area contributed by atoms with Crippen LogP contribution in [0, 0.1) is 0 Å². The second kappa shape index (κ2) is 2.76. The van der Waals surface area contributed by atoms with Gasteiger partial charge in [-0.05, 0) is 0 Å². The minimum atomic E-state index is -1.69. The van der Waals surface area contributed by atoms with E-state index in [1.807, 2.05) is 0 Å². The van der Waals surface area contributed by atoms with E-state index >= 15 is 0 Å². The monoisotopic (exact) mass is 172 g/mol. The first-order valence-electron chi connectivity index (χ1n) is 0.742. The van der Waals surface area contributed by atoms with Gasteiger partial charge in [-0.2, -0.15) is 0 Å². The molecule has 0 bridgehead atoms. The molecule has 5 heavy (non-hydrogen) atoms. The second-order valence-corrected chi connectivity index (χ2v) is 6.21. The Morgan fingerprint density at radius 3 is 1.80 bits per heavy atom. The van der Waals surface area contributed by atoms with Gasteiger partial charge in [-0.3, -0.25) is 0 Å². The quantitative estimate of drug-likeness (QED) is 0.494. The van der Waals surface area contributed by atoms with Crippen LogP contribution >= 0.6 is 21.1 Å². The van der Waals surface area contributed by atoms with E-state index in [4.69, 9.17) is 0 Å². The average molecular weight is 171 g/mol. The van der Waals surface area contributed by atoms with Crippen LogP contribution in [-0.4, -0.2) is 15.0 Å². The zero-order valence-corrected chi connectivity index (χ0v) is 5.48. The van der Waals surface area contributed by atoms with Crippen LogP contribution in [0.2, 0.25) is 0 Å². The molecule has 0 aliphatic heterocycles. The van der Waals surface area contributed by atoms with Crippen LogP contribution in [0.5, 0.6) is 0 Å². The Balaban J connectivity index is 5.08. The Labute approximate surface area is 41.1 Å². The molecule has 0 saturated heterocycles. The van der Waals surface area contributed by atoms with Crippen LogP contribution in [0.25, 0.3) is 0 Å². The molecule has 0 aromatic carbocycles. The van der Waals surface area contributed by atoms with Gasteiger partial charge in [0.15, 0.2) is 0 Å². The Morgan fingerprint density at radius 1 is 1.60 bits per heavy atom. The van der Waals surface area contributed by atoms with Gasteiger partial charge in [0.2, 0.25) is 0 Å². The maximum atomic E-state index is 9.23. The van der Waals surface area contributed by atoms with Crippen molar-refractivity contribution in [1.29, 1.82) is 0 Å². The van der Waals surface area contributed by atoms with Crippen LogP contribution in [0.1, 0.15) is 0 Å². The topological polar surface area (TPSA) is 17.1 Å². The summed E-state index contributed by atoms with van der Waals surface area (Å²) < 4.78 is 0. The van der Waals surface area contributed by atoms with Crippen LogP contribution in [0.4, 0.5) is 0 Å². The van der Waals surface area contributed by atoms with Crippen molar-refractivity contribution in [1.82, 2.24) is 0 Å². The Hall–Kier alpha value is 0.539. The molecule has 0 spiro atoms. The normalized spacial score (nSPS) is 5.60. The van der Waals surface area contributed by atoms with Gasteiger partial charge >= 0.3 is 40.9 Å². The molecule has 0 rings (SSSR count). The van der Waals surface area contributed by atoms with Crippen LogP contribution in [0.3, 0.4) is 0 Å². The summed E-state index contributed by atoms with van der Waals surface area (Å²) in [5.41, 5.74) is 0. The fourth-order valence-corrected chi connectivity index (χ4v) is 0. The van der Waals surface area contributed by atoms with Crippen LogP contribution in [0.15, 0.2) is 0 Å². The van der Waals surface area contributed by atoms with Crippen molar-refractivity contribution in [2.24, 2.45) is 0 Å². The van der Waals surface area contributed by atoms with Crippen LogP contribution < -0.4 is 0 Å². The van der Waals surface area contributed by atoms with Gasteiger partial charge in [0, 0.05) is 0 Å². The van der Waals surface area contributed by atoms with Gasteiger partial charge in [-0.25, -0.2) is 0 Å². The van der Waals surface area contributed by atoms with Crippen LogP contribution in [-0.2, 0) is 4.79 Å². The predicted octanol–water partition coefficient (Wildman–Crippen LogP) is 0.518. The van der Waals surface area contributed by atoms with Gasteiger partial charge in [-0.1, -0.05) is 0 Å². The molecule has 1 nitrogen and oxygen atoms in total. The fraction of sp³-hybridized carbons (Fsp3) is 0. The molecule has 0 aliphatic rings. The molecule has 0 fully saturated rings. The fourth-order valence-electron chi connectivity index (χ4n) is 0. The zero-order valence-electron chi connectivity index (χ0n) is 2.13. The van der Waals surface area contributed by atoms with Crippen molar-refractivity contribution >= 4 is 36.1 Å². The summed E-state index contributed by atoms with van der Waals surface area (Å²) in [6.07, 6.45) is 0. The van der Waals surface area contributed by atoms with Gasteiger partial charge in [0.25, 0.3) is 0 Å². The molecule has 28 valence electrons. The third-order valence-electron chi connectivity index (χ3n) is 0.0680. The van der Waals surface area contributed by atoms with E-state index < -0.39 is 10.2 Å². The summed E-state index contributed by atoms with van der Waals surface area (Å²) >= 11 is 0. The molecule has 0 aromatic heterocycles. The maximum absolute atomic E-state index is 9.23. The summed E-state index contributed by atoms with van der Waals surface area (Å²) in [6.45, 7) is 0. The Morgan fingerprint density at radius 2 is 1.80 bits per heavy atom. The second-order valence-electron chi connectivity index (χ2n) is 0.318. The number of rotatable bonds is 0. The van der Waals surface area contributed by atoms with Crippen molar-refractivity contribution in [2.75, 3.05) is 0 Å². The molecule has 4 heteroatoms. The average Bonchev–Trinajstić information content (AvgIpc) is 1.38. The summed E-state index contributed by atoms with van der Waals surface area (Å²) in [5, 5.41) is 0. The first kappa shape index (κ1) is 5.54. The number of hydrogen-bond acceptors (Lipinski definition) is 3. The molecular formula is COS2Se. The SMILES string of the molecule is O=C=[Se](=S)=S. The third-order valence-corrected chi connectivity index (χ3v) is 1.06. The number of carbonyl (C=O) groups excluding carboxylic acids is 1. The number of hydrogen-bond donors (Lipinski definition) is 0. The Kier molecular flexibility index (Phi) is 3.06. The van der Waals surface area contributed by atoms with E-state index in [0.29, 0.717) is 0 Å². The van der Waals surface area contributed by atoms with E-state index in [0.717, 1.165) is 0 Å².